The summed E-state index contributed by atoms with van der Waals surface area (Å²) < 4.78 is 52.4. The van der Waals surface area contributed by atoms with Crippen LogP contribution in [0, 0.1) is 23.3 Å². The van der Waals surface area contributed by atoms with Crippen molar-refractivity contribution in [1.29, 1.82) is 0 Å². The zero-order valence-corrected chi connectivity index (χ0v) is 11.5. The molecule has 23 heavy (non-hydrogen) atoms. The molecule has 0 atom stereocenters. The van der Waals surface area contributed by atoms with Crippen molar-refractivity contribution in [3.05, 3.63) is 59.7 Å². The molecule has 0 aliphatic rings. The van der Waals surface area contributed by atoms with E-state index in [1.807, 2.05) is 5.32 Å². The predicted molar refractivity (Wildman–Crippen MR) is 74.6 cm³/mol. The van der Waals surface area contributed by atoms with Gasteiger partial charge in [0.2, 0.25) is 11.8 Å². The van der Waals surface area contributed by atoms with Crippen molar-refractivity contribution in [3.63, 3.8) is 0 Å². The van der Waals surface area contributed by atoms with Gasteiger partial charge in [-0.25, -0.2) is 17.6 Å². The third-order valence-electron chi connectivity index (χ3n) is 2.75. The van der Waals surface area contributed by atoms with Crippen molar-refractivity contribution in [2.75, 3.05) is 10.6 Å². The Morgan fingerprint density at radius 1 is 0.783 bits per heavy atom. The first kappa shape index (κ1) is 16.5. The summed E-state index contributed by atoms with van der Waals surface area (Å²) in [6, 6.07) is 5.66. The average molecular weight is 326 g/mol. The minimum atomic E-state index is -1.17. The molecule has 0 aliphatic carbocycles. The van der Waals surface area contributed by atoms with Crippen molar-refractivity contribution in [3.8, 4) is 0 Å². The topological polar surface area (TPSA) is 58.2 Å². The second-order valence-electron chi connectivity index (χ2n) is 4.50. The third kappa shape index (κ3) is 4.29. The maximum atomic E-state index is 13.3. The highest BCUT2D eigenvalue weighted by molar-refractivity contribution is 6.08. The number of hydrogen-bond acceptors (Lipinski definition) is 2. The molecule has 120 valence electrons. The molecule has 8 heteroatoms. The summed E-state index contributed by atoms with van der Waals surface area (Å²) in [5.41, 5.74) is -0.725. The molecule has 0 saturated heterocycles. The largest absolute Gasteiger partial charge is 0.326 e. The number of rotatable bonds is 4. The molecule has 0 bridgehead atoms. The Kier molecular flexibility index (Phi) is 4.95. The summed E-state index contributed by atoms with van der Waals surface area (Å²) in [7, 11) is 0. The molecule has 2 amide bonds. The quantitative estimate of drug-likeness (QED) is 0.669. The number of nitrogens with one attached hydrogen (secondary N) is 2. The number of para-hydroxylation sites is 1. The number of amides is 2. The number of hydrogen-bond donors (Lipinski definition) is 2. The SMILES string of the molecule is O=C(CC(=O)Nc1c(F)cccc1F)Nc1ccc(F)c(F)c1. The number of carbonyl (C=O) groups excluding carboxylic acids is 2. The summed E-state index contributed by atoms with van der Waals surface area (Å²) in [5, 5.41) is 4.09. The first-order valence-electron chi connectivity index (χ1n) is 6.35. The van der Waals surface area contributed by atoms with Gasteiger partial charge in [-0.1, -0.05) is 6.07 Å². The van der Waals surface area contributed by atoms with E-state index in [1.165, 1.54) is 0 Å². The molecular weight excluding hydrogens is 316 g/mol. The second kappa shape index (κ2) is 6.91. The molecule has 2 aromatic carbocycles. The lowest BCUT2D eigenvalue weighted by Crippen LogP contribution is -2.22. The summed E-state index contributed by atoms with van der Waals surface area (Å²) in [4.78, 5) is 23.2. The fraction of sp³-hybridized carbons (Fsp3) is 0.0667. The Morgan fingerprint density at radius 3 is 2.00 bits per heavy atom. The Labute approximate surface area is 128 Å². The van der Waals surface area contributed by atoms with Crippen LogP contribution in [0.5, 0.6) is 0 Å². The van der Waals surface area contributed by atoms with Gasteiger partial charge in [0.15, 0.2) is 11.6 Å². The Morgan fingerprint density at radius 2 is 1.39 bits per heavy atom. The van der Waals surface area contributed by atoms with Gasteiger partial charge in [-0.15, -0.1) is 0 Å². The lowest BCUT2D eigenvalue weighted by atomic mass is 10.2. The summed E-state index contributed by atoms with van der Waals surface area (Å²) in [6.45, 7) is 0. The molecule has 2 N–H and O–H groups in total. The van der Waals surface area contributed by atoms with Crippen molar-refractivity contribution in [2.24, 2.45) is 0 Å². The minimum absolute atomic E-state index is 0.0567. The first-order valence-corrected chi connectivity index (χ1v) is 6.35. The molecule has 0 heterocycles. The highest BCUT2D eigenvalue weighted by Crippen LogP contribution is 2.18. The minimum Gasteiger partial charge on any atom is -0.326 e. The van der Waals surface area contributed by atoms with E-state index in [0.29, 0.717) is 0 Å². The van der Waals surface area contributed by atoms with Crippen LogP contribution in [0.1, 0.15) is 6.42 Å². The van der Waals surface area contributed by atoms with E-state index in [1.54, 1.807) is 0 Å². The third-order valence-corrected chi connectivity index (χ3v) is 2.75. The molecule has 0 unspecified atom stereocenters. The summed E-state index contributed by atoms with van der Waals surface area (Å²) >= 11 is 0. The van der Waals surface area contributed by atoms with E-state index in [4.69, 9.17) is 0 Å². The van der Waals surface area contributed by atoms with Gasteiger partial charge in [0, 0.05) is 11.8 Å². The fourth-order valence-corrected chi connectivity index (χ4v) is 1.73. The highest BCUT2D eigenvalue weighted by atomic mass is 19.2. The molecule has 0 saturated carbocycles. The zero-order valence-electron chi connectivity index (χ0n) is 11.5. The molecule has 4 nitrogen and oxygen atoms in total. The Hall–Kier alpha value is -2.90. The van der Waals surface area contributed by atoms with Gasteiger partial charge in [-0.2, -0.15) is 0 Å². The fourth-order valence-electron chi connectivity index (χ4n) is 1.73. The van der Waals surface area contributed by atoms with Gasteiger partial charge >= 0.3 is 0 Å². The summed E-state index contributed by atoms with van der Waals surface area (Å²) in [6.07, 6.45) is -0.757. The van der Waals surface area contributed by atoms with Crippen LogP contribution in [-0.2, 0) is 9.59 Å². The van der Waals surface area contributed by atoms with Crippen LogP contribution >= 0.6 is 0 Å². The maximum absolute atomic E-state index is 13.3. The highest BCUT2D eigenvalue weighted by Gasteiger charge is 2.15. The van der Waals surface area contributed by atoms with Crippen LogP contribution in [-0.4, -0.2) is 11.8 Å². The van der Waals surface area contributed by atoms with Gasteiger partial charge in [0.25, 0.3) is 0 Å². The van der Waals surface area contributed by atoms with Crippen LogP contribution in [0.15, 0.2) is 36.4 Å². The number of halogens is 4. The lowest BCUT2D eigenvalue weighted by molar-refractivity contribution is -0.123. The maximum Gasteiger partial charge on any atom is 0.233 e. The lowest BCUT2D eigenvalue weighted by Gasteiger charge is -2.08. The molecule has 0 radical (unpaired) electrons. The molecule has 0 fully saturated rings. The van der Waals surface area contributed by atoms with E-state index in [2.05, 4.69) is 5.32 Å². The molecule has 0 aliphatic heterocycles. The van der Waals surface area contributed by atoms with Gasteiger partial charge < -0.3 is 10.6 Å². The number of carbonyl (C=O) groups is 2. The van der Waals surface area contributed by atoms with Crippen LogP contribution in [0.2, 0.25) is 0 Å². The predicted octanol–water partition coefficient (Wildman–Crippen LogP) is 3.21. The van der Waals surface area contributed by atoms with Gasteiger partial charge in [-0.05, 0) is 24.3 Å². The normalized spacial score (nSPS) is 10.3. The molecule has 2 rings (SSSR count). The van der Waals surface area contributed by atoms with Gasteiger partial charge in [0.05, 0.1) is 0 Å². The smallest absolute Gasteiger partial charge is 0.233 e. The zero-order chi connectivity index (χ0) is 17.0. The van der Waals surface area contributed by atoms with E-state index in [9.17, 15) is 27.2 Å². The number of benzene rings is 2. The van der Waals surface area contributed by atoms with Crippen molar-refractivity contribution < 1.29 is 27.2 Å². The van der Waals surface area contributed by atoms with Crippen molar-refractivity contribution in [1.82, 2.24) is 0 Å². The van der Waals surface area contributed by atoms with Gasteiger partial charge in [0.1, 0.15) is 23.7 Å². The average Bonchev–Trinajstić information content (AvgIpc) is 2.47. The summed E-state index contributed by atoms with van der Waals surface area (Å²) in [5.74, 6) is -6.05. The van der Waals surface area contributed by atoms with E-state index in [0.717, 1.165) is 36.4 Å². The monoisotopic (exact) mass is 326 g/mol. The van der Waals surface area contributed by atoms with E-state index in [-0.39, 0.29) is 5.69 Å². The van der Waals surface area contributed by atoms with Crippen molar-refractivity contribution >= 4 is 23.2 Å². The van der Waals surface area contributed by atoms with Crippen LogP contribution in [0.25, 0.3) is 0 Å². The first-order chi connectivity index (χ1) is 10.9. The van der Waals surface area contributed by atoms with E-state index >= 15 is 0 Å². The van der Waals surface area contributed by atoms with Crippen molar-refractivity contribution in [2.45, 2.75) is 6.42 Å². The Bertz CT molecular complexity index is 745. The van der Waals surface area contributed by atoms with Crippen LogP contribution < -0.4 is 10.6 Å². The Balaban J connectivity index is 1.97. The molecular formula is C15H10F4N2O2. The van der Waals surface area contributed by atoms with Gasteiger partial charge in [-0.3, -0.25) is 9.59 Å². The number of anilines is 2. The molecule has 0 aromatic heterocycles. The van der Waals surface area contributed by atoms with Crippen LogP contribution in [0.3, 0.4) is 0 Å². The second-order valence-corrected chi connectivity index (χ2v) is 4.50. The van der Waals surface area contributed by atoms with E-state index < -0.39 is 47.2 Å². The standard InChI is InChI=1S/C15H10F4N2O2/c16-9-5-4-8(6-12(9)19)20-13(22)7-14(23)21-15-10(17)2-1-3-11(15)18/h1-6H,7H2,(H,20,22)(H,21,23). The van der Waals surface area contributed by atoms with Crippen LogP contribution in [0.4, 0.5) is 28.9 Å². The molecule has 0 spiro atoms. The molecule has 2 aromatic rings.